The lowest BCUT2D eigenvalue weighted by atomic mass is 10.2. The number of nitrogens with zero attached hydrogens (tertiary/aromatic N) is 1. The normalized spacial score (nSPS) is 16.0. The summed E-state index contributed by atoms with van der Waals surface area (Å²) in [6.07, 6.45) is 1.69. The first-order valence-corrected chi connectivity index (χ1v) is 8.88. The standard InChI is InChI=1S/C18H13Cl2NO3S/c1-24-14-6-2-11(3-7-14)8-16-17(22)21(18(23)25-16)10-12-4-5-13(19)9-15(12)20/h2-9H,10H2,1H3/b16-8+. The fourth-order valence-electron chi connectivity index (χ4n) is 2.31. The van der Waals surface area contributed by atoms with Crippen LogP contribution in [0.15, 0.2) is 47.4 Å². The van der Waals surface area contributed by atoms with E-state index in [2.05, 4.69) is 0 Å². The lowest BCUT2D eigenvalue weighted by Gasteiger charge is -2.13. The van der Waals surface area contributed by atoms with Gasteiger partial charge in [0.05, 0.1) is 18.6 Å². The Morgan fingerprint density at radius 1 is 1.12 bits per heavy atom. The minimum atomic E-state index is -0.336. The van der Waals surface area contributed by atoms with Crippen molar-refractivity contribution >= 4 is 52.2 Å². The number of rotatable bonds is 4. The first kappa shape index (κ1) is 17.9. The monoisotopic (exact) mass is 393 g/mol. The third-order valence-corrected chi connectivity index (χ3v) is 5.13. The van der Waals surface area contributed by atoms with E-state index in [1.54, 1.807) is 43.5 Å². The summed E-state index contributed by atoms with van der Waals surface area (Å²) >= 11 is 12.9. The highest BCUT2D eigenvalue weighted by Gasteiger charge is 2.35. The van der Waals surface area contributed by atoms with Crippen LogP contribution in [-0.2, 0) is 11.3 Å². The number of thioether (sulfide) groups is 1. The molecule has 1 saturated heterocycles. The molecule has 0 bridgehead atoms. The molecule has 0 atom stereocenters. The molecule has 0 radical (unpaired) electrons. The van der Waals surface area contributed by atoms with Gasteiger partial charge in [-0.25, -0.2) is 0 Å². The maximum atomic E-state index is 12.5. The van der Waals surface area contributed by atoms with Gasteiger partial charge in [0, 0.05) is 10.0 Å². The van der Waals surface area contributed by atoms with E-state index in [1.807, 2.05) is 12.1 Å². The molecule has 0 aliphatic carbocycles. The second kappa shape index (κ2) is 7.52. The van der Waals surface area contributed by atoms with Crippen molar-refractivity contribution in [3.63, 3.8) is 0 Å². The second-order valence-electron chi connectivity index (χ2n) is 5.28. The SMILES string of the molecule is COc1ccc(/C=C2/SC(=O)N(Cc3ccc(Cl)cc3Cl)C2=O)cc1. The van der Waals surface area contributed by atoms with E-state index >= 15 is 0 Å². The Bertz CT molecular complexity index is 865. The van der Waals surface area contributed by atoms with Crippen molar-refractivity contribution in [2.45, 2.75) is 6.54 Å². The predicted octanol–water partition coefficient (Wildman–Crippen LogP) is 5.24. The van der Waals surface area contributed by atoms with E-state index < -0.39 is 0 Å². The third kappa shape index (κ3) is 4.00. The molecule has 1 heterocycles. The number of carbonyl (C=O) groups excluding carboxylic acids is 2. The maximum absolute atomic E-state index is 12.5. The predicted molar refractivity (Wildman–Crippen MR) is 101 cm³/mol. The first-order chi connectivity index (χ1) is 12.0. The zero-order valence-corrected chi connectivity index (χ0v) is 15.5. The molecule has 128 valence electrons. The van der Waals surface area contributed by atoms with Gasteiger partial charge < -0.3 is 4.74 Å². The number of imide groups is 1. The fraction of sp³-hybridized carbons (Fsp3) is 0.111. The van der Waals surface area contributed by atoms with Gasteiger partial charge >= 0.3 is 0 Å². The minimum absolute atomic E-state index is 0.112. The van der Waals surface area contributed by atoms with Crippen LogP contribution in [0.5, 0.6) is 5.75 Å². The van der Waals surface area contributed by atoms with Crippen molar-refractivity contribution in [1.82, 2.24) is 4.90 Å². The van der Waals surface area contributed by atoms with E-state index in [0.717, 1.165) is 23.1 Å². The molecule has 0 saturated carbocycles. The van der Waals surface area contributed by atoms with Gasteiger partial charge in [-0.1, -0.05) is 41.4 Å². The number of ether oxygens (including phenoxy) is 1. The van der Waals surface area contributed by atoms with Crippen LogP contribution in [0.4, 0.5) is 4.79 Å². The van der Waals surface area contributed by atoms with Crippen LogP contribution in [0, 0.1) is 0 Å². The number of hydrogen-bond acceptors (Lipinski definition) is 4. The quantitative estimate of drug-likeness (QED) is 0.666. The summed E-state index contributed by atoms with van der Waals surface area (Å²) < 4.78 is 5.10. The van der Waals surface area contributed by atoms with Gasteiger partial charge in [0.25, 0.3) is 11.1 Å². The minimum Gasteiger partial charge on any atom is -0.497 e. The van der Waals surface area contributed by atoms with Crippen molar-refractivity contribution in [1.29, 1.82) is 0 Å². The lowest BCUT2D eigenvalue weighted by molar-refractivity contribution is -0.123. The molecular formula is C18H13Cl2NO3S. The van der Waals surface area contributed by atoms with E-state index in [4.69, 9.17) is 27.9 Å². The molecule has 0 N–H and O–H groups in total. The van der Waals surface area contributed by atoms with Crippen LogP contribution in [0.3, 0.4) is 0 Å². The van der Waals surface area contributed by atoms with Gasteiger partial charge in [-0.15, -0.1) is 0 Å². The number of halogens is 2. The molecule has 7 heteroatoms. The summed E-state index contributed by atoms with van der Waals surface area (Å²) in [5.41, 5.74) is 1.48. The van der Waals surface area contributed by atoms with E-state index in [0.29, 0.717) is 20.5 Å². The average molecular weight is 394 g/mol. The highest BCUT2D eigenvalue weighted by molar-refractivity contribution is 8.18. The van der Waals surface area contributed by atoms with Crippen LogP contribution in [0.25, 0.3) is 6.08 Å². The third-order valence-electron chi connectivity index (χ3n) is 3.63. The Hall–Kier alpha value is -1.95. The molecule has 2 amide bonds. The van der Waals surface area contributed by atoms with Crippen LogP contribution in [-0.4, -0.2) is 23.2 Å². The Labute approximate surface area is 159 Å². The molecule has 3 rings (SSSR count). The van der Waals surface area contributed by atoms with Crippen molar-refractivity contribution in [2.24, 2.45) is 0 Å². The van der Waals surface area contributed by atoms with Crippen LogP contribution < -0.4 is 4.74 Å². The summed E-state index contributed by atoms with van der Waals surface area (Å²) in [5.74, 6) is 0.388. The maximum Gasteiger partial charge on any atom is 0.293 e. The van der Waals surface area contributed by atoms with Crippen LogP contribution in [0.2, 0.25) is 10.0 Å². The van der Waals surface area contributed by atoms with Gasteiger partial charge in [0.15, 0.2) is 0 Å². The molecule has 0 spiro atoms. The molecule has 2 aromatic carbocycles. The number of carbonyl (C=O) groups is 2. The molecule has 0 aromatic heterocycles. The van der Waals surface area contributed by atoms with E-state index in [9.17, 15) is 9.59 Å². The van der Waals surface area contributed by atoms with E-state index in [1.165, 1.54) is 4.90 Å². The van der Waals surface area contributed by atoms with Crippen molar-refractivity contribution in [3.8, 4) is 5.75 Å². The average Bonchev–Trinajstić information content (AvgIpc) is 2.85. The Balaban J connectivity index is 1.80. The largest absolute Gasteiger partial charge is 0.497 e. The molecule has 4 nitrogen and oxygen atoms in total. The summed E-state index contributed by atoms with van der Waals surface area (Å²) in [5, 5.41) is 0.601. The highest BCUT2D eigenvalue weighted by Crippen LogP contribution is 2.34. The molecule has 0 unspecified atom stereocenters. The zero-order chi connectivity index (χ0) is 18.0. The van der Waals surface area contributed by atoms with Gasteiger partial charge in [0.2, 0.25) is 0 Å². The van der Waals surface area contributed by atoms with Crippen LogP contribution in [0.1, 0.15) is 11.1 Å². The van der Waals surface area contributed by atoms with Gasteiger partial charge in [0.1, 0.15) is 5.75 Å². The number of amides is 2. The van der Waals surface area contributed by atoms with Gasteiger partial charge in [-0.3, -0.25) is 14.5 Å². The fourth-order valence-corrected chi connectivity index (χ4v) is 3.61. The Morgan fingerprint density at radius 2 is 1.84 bits per heavy atom. The number of hydrogen-bond donors (Lipinski definition) is 0. The Kier molecular flexibility index (Phi) is 5.37. The van der Waals surface area contributed by atoms with E-state index in [-0.39, 0.29) is 17.7 Å². The van der Waals surface area contributed by atoms with Crippen molar-refractivity contribution < 1.29 is 14.3 Å². The highest BCUT2D eigenvalue weighted by atomic mass is 35.5. The Morgan fingerprint density at radius 3 is 2.48 bits per heavy atom. The summed E-state index contributed by atoms with van der Waals surface area (Å²) in [7, 11) is 1.59. The van der Waals surface area contributed by atoms with Crippen molar-refractivity contribution in [3.05, 3.63) is 68.5 Å². The van der Waals surface area contributed by atoms with Gasteiger partial charge in [-0.2, -0.15) is 0 Å². The topological polar surface area (TPSA) is 46.6 Å². The summed E-state index contributed by atoms with van der Waals surface area (Å²) in [6, 6.07) is 12.2. The molecular weight excluding hydrogens is 381 g/mol. The smallest absolute Gasteiger partial charge is 0.293 e. The lowest BCUT2D eigenvalue weighted by Crippen LogP contribution is -2.27. The second-order valence-corrected chi connectivity index (χ2v) is 7.11. The number of benzene rings is 2. The van der Waals surface area contributed by atoms with Gasteiger partial charge in [-0.05, 0) is 53.2 Å². The molecule has 1 fully saturated rings. The molecule has 25 heavy (non-hydrogen) atoms. The molecule has 2 aromatic rings. The zero-order valence-electron chi connectivity index (χ0n) is 13.2. The van der Waals surface area contributed by atoms with Crippen molar-refractivity contribution in [2.75, 3.05) is 7.11 Å². The summed E-state index contributed by atoms with van der Waals surface area (Å²) in [4.78, 5) is 26.3. The summed E-state index contributed by atoms with van der Waals surface area (Å²) in [6.45, 7) is 0.112. The first-order valence-electron chi connectivity index (χ1n) is 7.31. The molecule has 1 aliphatic heterocycles. The van der Waals surface area contributed by atoms with Crippen LogP contribution >= 0.6 is 35.0 Å². The molecule has 1 aliphatic rings. The number of methoxy groups -OCH3 is 1.